The largest absolute Gasteiger partial charge is 0.271 e. The molecule has 0 aliphatic carbocycles. The Morgan fingerprint density at radius 3 is 2.83 bits per heavy atom. The van der Waals surface area contributed by atoms with Crippen molar-refractivity contribution in [2.45, 2.75) is 6.04 Å². The first kappa shape index (κ1) is 9.72. The molecule has 1 fully saturated rings. The topological polar surface area (TPSA) is 84.5 Å². The third kappa shape index (κ3) is 2.31. The molecule has 1 heterocycles. The second kappa shape index (κ2) is 3.56. The van der Waals surface area contributed by atoms with Crippen molar-refractivity contribution in [2.24, 2.45) is 0 Å². The number of rotatable bonds is 3. The monoisotopic (exact) mass is 214 g/mol. The van der Waals surface area contributed by atoms with Gasteiger partial charge in [-0.15, -0.1) is 11.6 Å². The van der Waals surface area contributed by atoms with Crippen LogP contribution in [-0.2, 0) is 19.7 Å². The van der Waals surface area contributed by atoms with Gasteiger partial charge in [0.25, 0.3) is 5.91 Å². The van der Waals surface area contributed by atoms with Gasteiger partial charge >= 0.3 is 0 Å². The van der Waals surface area contributed by atoms with E-state index >= 15 is 0 Å². The highest BCUT2D eigenvalue weighted by Crippen LogP contribution is 1.98. The van der Waals surface area contributed by atoms with Crippen LogP contribution in [0.1, 0.15) is 0 Å². The van der Waals surface area contributed by atoms with E-state index in [1.807, 2.05) is 5.48 Å². The first-order valence-electron chi connectivity index (χ1n) is 3.03. The summed E-state index contributed by atoms with van der Waals surface area (Å²) in [7, 11) is -3.56. The third-order valence-corrected chi connectivity index (χ3v) is 3.00. The van der Waals surface area contributed by atoms with Gasteiger partial charge in [-0.05, 0) is 0 Å². The SMILES string of the molecule is O=C1NOC[C@H]1NS(=O)(=O)CCl. The highest BCUT2D eigenvalue weighted by molar-refractivity contribution is 7.90. The molecule has 0 radical (unpaired) electrons. The number of amides is 1. The van der Waals surface area contributed by atoms with E-state index in [4.69, 9.17) is 11.6 Å². The molecule has 0 aromatic rings. The number of carbonyl (C=O) groups excluding carboxylic acids is 1. The van der Waals surface area contributed by atoms with E-state index < -0.39 is 27.2 Å². The average Bonchev–Trinajstić information content (AvgIpc) is 2.36. The van der Waals surface area contributed by atoms with E-state index in [0.717, 1.165) is 0 Å². The Morgan fingerprint density at radius 2 is 2.42 bits per heavy atom. The van der Waals surface area contributed by atoms with Gasteiger partial charge in [0, 0.05) is 0 Å². The Morgan fingerprint density at radius 1 is 1.75 bits per heavy atom. The van der Waals surface area contributed by atoms with Crippen LogP contribution in [0, 0.1) is 0 Å². The van der Waals surface area contributed by atoms with E-state index in [-0.39, 0.29) is 6.61 Å². The highest BCUT2D eigenvalue weighted by atomic mass is 35.5. The van der Waals surface area contributed by atoms with E-state index in [0.29, 0.717) is 0 Å². The Hall–Kier alpha value is -0.370. The van der Waals surface area contributed by atoms with Crippen molar-refractivity contribution < 1.29 is 18.0 Å². The molecule has 1 amide bonds. The molecular formula is C4H7ClN2O4S. The Balaban J connectivity index is 2.57. The predicted octanol–water partition coefficient (Wildman–Crippen LogP) is -1.47. The minimum atomic E-state index is -3.56. The summed E-state index contributed by atoms with van der Waals surface area (Å²) in [6, 6.07) is -0.867. The molecule has 8 heteroatoms. The number of alkyl halides is 1. The summed E-state index contributed by atoms with van der Waals surface area (Å²) in [5.41, 5.74) is 2.01. The lowest BCUT2D eigenvalue weighted by molar-refractivity contribution is -0.124. The van der Waals surface area contributed by atoms with Crippen molar-refractivity contribution in [2.75, 3.05) is 11.8 Å². The Kier molecular flexibility index (Phi) is 2.89. The molecule has 0 saturated carbocycles. The molecule has 0 unspecified atom stereocenters. The maximum atomic E-state index is 10.8. The predicted molar refractivity (Wildman–Crippen MR) is 40.7 cm³/mol. The molecular weight excluding hydrogens is 208 g/mol. The molecule has 1 saturated heterocycles. The fraction of sp³-hybridized carbons (Fsp3) is 0.750. The fourth-order valence-electron chi connectivity index (χ4n) is 0.679. The lowest BCUT2D eigenvalue weighted by Crippen LogP contribution is -2.41. The van der Waals surface area contributed by atoms with E-state index in [9.17, 15) is 13.2 Å². The van der Waals surface area contributed by atoms with Crippen LogP contribution in [0.2, 0.25) is 0 Å². The maximum Gasteiger partial charge on any atom is 0.264 e. The number of hydroxylamine groups is 1. The third-order valence-electron chi connectivity index (χ3n) is 1.20. The average molecular weight is 215 g/mol. The number of carbonyl (C=O) groups is 1. The Bertz CT molecular complexity index is 277. The lowest BCUT2D eigenvalue weighted by Gasteiger charge is -2.05. The second-order valence-electron chi connectivity index (χ2n) is 2.17. The van der Waals surface area contributed by atoms with Crippen LogP contribution >= 0.6 is 11.6 Å². The summed E-state index contributed by atoms with van der Waals surface area (Å²) in [4.78, 5) is 15.3. The van der Waals surface area contributed by atoms with Crippen molar-refractivity contribution in [1.29, 1.82) is 0 Å². The van der Waals surface area contributed by atoms with Gasteiger partial charge in [0.2, 0.25) is 10.0 Å². The summed E-state index contributed by atoms with van der Waals surface area (Å²) < 4.78 is 23.7. The van der Waals surface area contributed by atoms with Crippen molar-refractivity contribution in [1.82, 2.24) is 10.2 Å². The number of halogens is 1. The van der Waals surface area contributed by atoms with Gasteiger partial charge in [-0.1, -0.05) is 0 Å². The molecule has 2 N–H and O–H groups in total. The first-order chi connectivity index (χ1) is 5.55. The van der Waals surface area contributed by atoms with Crippen LogP contribution in [-0.4, -0.2) is 32.2 Å². The molecule has 0 aromatic carbocycles. The minimum absolute atomic E-state index is 0.0189. The van der Waals surface area contributed by atoms with Gasteiger partial charge < -0.3 is 0 Å². The molecule has 12 heavy (non-hydrogen) atoms. The lowest BCUT2D eigenvalue weighted by atomic mass is 10.3. The molecule has 1 rings (SSSR count). The van der Waals surface area contributed by atoms with E-state index in [2.05, 4.69) is 9.56 Å². The number of nitrogens with one attached hydrogen (secondary N) is 2. The van der Waals surface area contributed by atoms with Gasteiger partial charge in [0.05, 0.1) is 0 Å². The van der Waals surface area contributed by atoms with Crippen LogP contribution in [0.15, 0.2) is 0 Å². The van der Waals surface area contributed by atoms with Gasteiger partial charge in [0.15, 0.2) is 0 Å². The molecule has 70 valence electrons. The van der Waals surface area contributed by atoms with Crippen LogP contribution in [0.4, 0.5) is 0 Å². The zero-order valence-electron chi connectivity index (χ0n) is 5.91. The second-order valence-corrected chi connectivity index (χ2v) is 4.51. The number of sulfonamides is 1. The molecule has 1 aliphatic heterocycles. The molecule has 1 atom stereocenters. The quantitative estimate of drug-likeness (QED) is 0.562. The fourth-order valence-corrected chi connectivity index (χ4v) is 1.54. The smallest absolute Gasteiger partial charge is 0.264 e. The standard InChI is InChI=1S/C4H7ClN2O4S/c5-2-12(9,10)7-3-1-11-6-4(3)8/h3,7H,1-2H2,(H,6,8)/t3-/m1/s1. The zero-order valence-corrected chi connectivity index (χ0v) is 7.48. The molecule has 1 aliphatic rings. The van der Waals surface area contributed by atoms with E-state index in [1.54, 1.807) is 0 Å². The van der Waals surface area contributed by atoms with E-state index in [1.165, 1.54) is 0 Å². The molecule has 6 nitrogen and oxygen atoms in total. The van der Waals surface area contributed by atoms with Crippen molar-refractivity contribution in [3.8, 4) is 0 Å². The van der Waals surface area contributed by atoms with Crippen LogP contribution in [0.25, 0.3) is 0 Å². The summed E-state index contributed by atoms with van der Waals surface area (Å²) in [6.07, 6.45) is 0. The van der Waals surface area contributed by atoms with Gasteiger partial charge in [-0.2, -0.15) is 4.72 Å². The van der Waals surface area contributed by atoms with Gasteiger partial charge in [-0.25, -0.2) is 13.9 Å². The van der Waals surface area contributed by atoms with Crippen LogP contribution in [0.5, 0.6) is 0 Å². The molecule has 0 spiro atoms. The van der Waals surface area contributed by atoms with Crippen LogP contribution < -0.4 is 10.2 Å². The summed E-state index contributed by atoms with van der Waals surface area (Å²) in [5, 5.41) is -0.573. The number of hydrogen-bond donors (Lipinski definition) is 2. The molecule has 0 aromatic heterocycles. The van der Waals surface area contributed by atoms with Crippen LogP contribution in [0.3, 0.4) is 0 Å². The summed E-state index contributed by atoms with van der Waals surface area (Å²) >= 11 is 5.10. The normalized spacial score (nSPS) is 24.1. The van der Waals surface area contributed by atoms with Crippen molar-refractivity contribution >= 4 is 27.5 Å². The molecule has 0 bridgehead atoms. The summed E-state index contributed by atoms with van der Waals surface area (Å²) in [6.45, 7) is -0.0189. The van der Waals surface area contributed by atoms with Gasteiger partial charge in [-0.3, -0.25) is 9.63 Å². The highest BCUT2D eigenvalue weighted by Gasteiger charge is 2.29. The van der Waals surface area contributed by atoms with Crippen molar-refractivity contribution in [3.05, 3.63) is 0 Å². The minimum Gasteiger partial charge on any atom is -0.271 e. The Labute approximate surface area is 74.2 Å². The maximum absolute atomic E-state index is 10.8. The van der Waals surface area contributed by atoms with Crippen molar-refractivity contribution in [3.63, 3.8) is 0 Å². The zero-order chi connectivity index (χ0) is 9.19. The van der Waals surface area contributed by atoms with Gasteiger partial charge in [0.1, 0.15) is 17.9 Å². The number of hydrogen-bond acceptors (Lipinski definition) is 4. The first-order valence-corrected chi connectivity index (χ1v) is 5.21. The summed E-state index contributed by atoms with van der Waals surface area (Å²) in [5.74, 6) is -0.510.